The molecular formula is C19H27BO3. The highest BCUT2D eigenvalue weighted by Gasteiger charge is 2.53. The third-order valence-electron chi connectivity index (χ3n) is 6.47. The summed E-state index contributed by atoms with van der Waals surface area (Å²) >= 11 is 0. The molecule has 4 rings (SSSR count). The molecule has 2 saturated carbocycles. The van der Waals surface area contributed by atoms with Gasteiger partial charge in [-0.25, -0.2) is 0 Å². The first kappa shape index (κ1) is 15.7. The zero-order valence-electron chi connectivity index (χ0n) is 14.6. The van der Waals surface area contributed by atoms with E-state index in [1.807, 2.05) is 0 Å². The highest BCUT2D eigenvalue weighted by atomic mass is 16.7. The standard InChI is InChI=1S/C19H27BO3/c1-17(2)18(3,4)23-20(22-17)16-9-5-13(6-10-16)14-11-19(21,12-14)15-7-8-15/h5-6,9-10,14-15,21H,7-8,11-12H2,1-4H3. The van der Waals surface area contributed by atoms with E-state index in [-0.39, 0.29) is 23.9 Å². The lowest BCUT2D eigenvalue weighted by Crippen LogP contribution is -2.44. The molecule has 0 amide bonds. The molecule has 3 aliphatic rings. The summed E-state index contributed by atoms with van der Waals surface area (Å²) in [6.45, 7) is 8.31. The Balaban J connectivity index is 1.43. The summed E-state index contributed by atoms with van der Waals surface area (Å²) in [6, 6.07) is 8.59. The monoisotopic (exact) mass is 314 g/mol. The maximum absolute atomic E-state index is 10.5. The van der Waals surface area contributed by atoms with Crippen LogP contribution in [-0.2, 0) is 9.31 Å². The molecule has 2 aliphatic carbocycles. The minimum atomic E-state index is -0.366. The molecule has 1 heterocycles. The average Bonchev–Trinajstić information content (AvgIpc) is 3.24. The van der Waals surface area contributed by atoms with Crippen molar-refractivity contribution in [2.45, 2.75) is 76.1 Å². The number of benzene rings is 1. The van der Waals surface area contributed by atoms with Crippen LogP contribution in [0.4, 0.5) is 0 Å². The summed E-state index contributed by atoms with van der Waals surface area (Å²) in [5.74, 6) is 1.08. The predicted octanol–water partition coefficient (Wildman–Crippen LogP) is 3.00. The van der Waals surface area contributed by atoms with Gasteiger partial charge in [0.25, 0.3) is 0 Å². The van der Waals surface area contributed by atoms with E-state index >= 15 is 0 Å². The van der Waals surface area contributed by atoms with Gasteiger partial charge in [0.1, 0.15) is 0 Å². The number of hydrogen-bond acceptors (Lipinski definition) is 3. The molecule has 0 bridgehead atoms. The Kier molecular flexibility index (Phi) is 3.30. The molecule has 1 aliphatic heterocycles. The maximum Gasteiger partial charge on any atom is 0.494 e. The predicted molar refractivity (Wildman–Crippen MR) is 91.8 cm³/mol. The lowest BCUT2D eigenvalue weighted by molar-refractivity contribution is -0.0679. The number of hydrogen-bond donors (Lipinski definition) is 1. The highest BCUT2D eigenvalue weighted by molar-refractivity contribution is 6.62. The molecule has 0 radical (unpaired) electrons. The van der Waals surface area contributed by atoms with E-state index in [2.05, 4.69) is 52.0 Å². The molecule has 124 valence electrons. The fourth-order valence-electron chi connectivity index (χ4n) is 3.89. The van der Waals surface area contributed by atoms with Gasteiger partial charge in [0.15, 0.2) is 0 Å². The van der Waals surface area contributed by atoms with Crippen molar-refractivity contribution in [2.24, 2.45) is 5.92 Å². The van der Waals surface area contributed by atoms with Crippen molar-refractivity contribution in [3.05, 3.63) is 29.8 Å². The lowest BCUT2D eigenvalue weighted by atomic mass is 9.65. The van der Waals surface area contributed by atoms with E-state index in [1.165, 1.54) is 18.4 Å². The van der Waals surface area contributed by atoms with Crippen molar-refractivity contribution in [3.63, 3.8) is 0 Å². The minimum Gasteiger partial charge on any atom is -0.399 e. The number of rotatable bonds is 3. The van der Waals surface area contributed by atoms with Crippen molar-refractivity contribution < 1.29 is 14.4 Å². The van der Waals surface area contributed by atoms with E-state index in [9.17, 15) is 5.11 Å². The van der Waals surface area contributed by atoms with E-state index in [4.69, 9.17) is 9.31 Å². The van der Waals surface area contributed by atoms with Crippen molar-refractivity contribution in [3.8, 4) is 0 Å². The Morgan fingerprint density at radius 1 is 0.957 bits per heavy atom. The van der Waals surface area contributed by atoms with Crippen LogP contribution in [0.3, 0.4) is 0 Å². The molecule has 1 aromatic rings. The molecule has 0 atom stereocenters. The summed E-state index contributed by atoms with van der Waals surface area (Å²) in [5, 5.41) is 10.5. The first-order valence-corrected chi connectivity index (χ1v) is 8.88. The van der Waals surface area contributed by atoms with Crippen LogP contribution in [0.15, 0.2) is 24.3 Å². The fraction of sp³-hybridized carbons (Fsp3) is 0.684. The van der Waals surface area contributed by atoms with Crippen LogP contribution in [0.25, 0.3) is 0 Å². The van der Waals surface area contributed by atoms with Crippen LogP contribution in [0.1, 0.15) is 64.9 Å². The summed E-state index contributed by atoms with van der Waals surface area (Å²) in [4.78, 5) is 0. The Bertz CT molecular complexity index is 582. The van der Waals surface area contributed by atoms with Gasteiger partial charge in [0.2, 0.25) is 0 Å². The Morgan fingerprint density at radius 3 is 1.96 bits per heavy atom. The largest absolute Gasteiger partial charge is 0.494 e. The molecule has 3 fully saturated rings. The van der Waals surface area contributed by atoms with Gasteiger partial charge in [-0.05, 0) is 76.2 Å². The second-order valence-electron chi connectivity index (χ2n) is 8.74. The van der Waals surface area contributed by atoms with Gasteiger partial charge >= 0.3 is 7.12 Å². The average molecular weight is 314 g/mol. The van der Waals surface area contributed by atoms with E-state index < -0.39 is 0 Å². The normalized spacial score (nSPS) is 35.2. The molecule has 0 spiro atoms. The van der Waals surface area contributed by atoms with Gasteiger partial charge in [-0.1, -0.05) is 24.3 Å². The quantitative estimate of drug-likeness (QED) is 0.872. The fourth-order valence-corrected chi connectivity index (χ4v) is 3.89. The maximum atomic E-state index is 10.5. The van der Waals surface area contributed by atoms with Crippen LogP contribution in [0.2, 0.25) is 0 Å². The molecule has 1 N–H and O–H groups in total. The van der Waals surface area contributed by atoms with Crippen molar-refractivity contribution in [2.75, 3.05) is 0 Å². The third kappa shape index (κ3) is 2.55. The second kappa shape index (κ2) is 4.84. The van der Waals surface area contributed by atoms with E-state index in [1.54, 1.807) is 0 Å². The summed E-state index contributed by atoms with van der Waals surface area (Å²) in [7, 11) is -0.293. The van der Waals surface area contributed by atoms with Gasteiger partial charge in [-0.2, -0.15) is 0 Å². The molecule has 1 saturated heterocycles. The number of aliphatic hydroxyl groups is 1. The van der Waals surface area contributed by atoms with Gasteiger partial charge in [0, 0.05) is 0 Å². The van der Waals surface area contributed by atoms with Crippen molar-refractivity contribution in [1.82, 2.24) is 0 Å². The molecule has 3 nitrogen and oxygen atoms in total. The van der Waals surface area contributed by atoms with Gasteiger partial charge in [0.05, 0.1) is 16.8 Å². The molecule has 0 unspecified atom stereocenters. The molecule has 0 aromatic heterocycles. The molecule has 23 heavy (non-hydrogen) atoms. The van der Waals surface area contributed by atoms with Gasteiger partial charge in [-0.15, -0.1) is 0 Å². The van der Waals surface area contributed by atoms with E-state index in [0.29, 0.717) is 11.8 Å². The van der Waals surface area contributed by atoms with Crippen LogP contribution in [0, 0.1) is 5.92 Å². The summed E-state index contributed by atoms with van der Waals surface area (Å²) < 4.78 is 12.2. The van der Waals surface area contributed by atoms with Crippen molar-refractivity contribution >= 4 is 12.6 Å². The Hall–Kier alpha value is -0.835. The molecule has 1 aromatic carbocycles. The van der Waals surface area contributed by atoms with Crippen LogP contribution >= 0.6 is 0 Å². The Morgan fingerprint density at radius 2 is 1.48 bits per heavy atom. The van der Waals surface area contributed by atoms with E-state index in [0.717, 1.165) is 18.3 Å². The van der Waals surface area contributed by atoms with Crippen LogP contribution in [-0.4, -0.2) is 29.0 Å². The summed E-state index contributed by atoms with van der Waals surface area (Å²) in [5.41, 5.74) is 1.44. The zero-order chi connectivity index (χ0) is 16.5. The lowest BCUT2D eigenvalue weighted by Gasteiger charge is -2.44. The SMILES string of the molecule is CC1(C)OB(c2ccc(C3CC(O)(C4CC4)C3)cc2)OC1(C)C. The first-order chi connectivity index (χ1) is 10.7. The molecular weight excluding hydrogens is 287 g/mol. The second-order valence-corrected chi connectivity index (χ2v) is 8.74. The Labute approximate surface area is 139 Å². The summed E-state index contributed by atoms with van der Waals surface area (Å²) in [6.07, 6.45) is 4.27. The topological polar surface area (TPSA) is 38.7 Å². The van der Waals surface area contributed by atoms with Crippen molar-refractivity contribution in [1.29, 1.82) is 0 Å². The first-order valence-electron chi connectivity index (χ1n) is 8.88. The van der Waals surface area contributed by atoms with Gasteiger partial charge in [-0.3, -0.25) is 0 Å². The molecule has 4 heteroatoms. The minimum absolute atomic E-state index is 0.293. The highest BCUT2D eigenvalue weighted by Crippen LogP contribution is 2.55. The van der Waals surface area contributed by atoms with Crippen LogP contribution in [0.5, 0.6) is 0 Å². The third-order valence-corrected chi connectivity index (χ3v) is 6.47. The van der Waals surface area contributed by atoms with Crippen LogP contribution < -0.4 is 5.46 Å². The van der Waals surface area contributed by atoms with Gasteiger partial charge < -0.3 is 14.4 Å². The smallest absolute Gasteiger partial charge is 0.399 e. The zero-order valence-corrected chi connectivity index (χ0v) is 14.6.